The fourth-order valence-electron chi connectivity index (χ4n) is 1.97. The van der Waals surface area contributed by atoms with E-state index in [1.54, 1.807) is 11.3 Å². The number of rotatable bonds is 5. The summed E-state index contributed by atoms with van der Waals surface area (Å²) in [5, 5.41) is 4.15. The van der Waals surface area contributed by atoms with E-state index in [-0.39, 0.29) is 5.91 Å². The van der Waals surface area contributed by atoms with Crippen molar-refractivity contribution in [2.75, 3.05) is 6.54 Å². The molecular weight excluding hydrogens is 244 g/mol. The SMILES string of the molecule is O=C(NCCCc1nc2ccccc2s1)C1CC1. The molecule has 0 saturated heterocycles. The van der Waals surface area contributed by atoms with Gasteiger partial charge in [-0.25, -0.2) is 4.98 Å². The lowest BCUT2D eigenvalue weighted by atomic mass is 10.3. The van der Waals surface area contributed by atoms with E-state index in [0.717, 1.165) is 42.8 Å². The van der Waals surface area contributed by atoms with E-state index in [4.69, 9.17) is 0 Å². The van der Waals surface area contributed by atoms with Crippen LogP contribution in [0.3, 0.4) is 0 Å². The molecule has 1 saturated carbocycles. The van der Waals surface area contributed by atoms with Crippen LogP contribution in [0.4, 0.5) is 0 Å². The van der Waals surface area contributed by atoms with E-state index in [2.05, 4.69) is 16.4 Å². The van der Waals surface area contributed by atoms with Gasteiger partial charge < -0.3 is 5.32 Å². The summed E-state index contributed by atoms with van der Waals surface area (Å²) in [6, 6.07) is 8.21. The van der Waals surface area contributed by atoms with Gasteiger partial charge in [0.25, 0.3) is 0 Å². The molecule has 94 valence electrons. The zero-order chi connectivity index (χ0) is 12.4. The lowest BCUT2D eigenvalue weighted by Crippen LogP contribution is -2.26. The summed E-state index contributed by atoms with van der Waals surface area (Å²) in [7, 11) is 0. The fraction of sp³-hybridized carbons (Fsp3) is 0.429. The van der Waals surface area contributed by atoms with Gasteiger partial charge in [0, 0.05) is 18.9 Å². The Morgan fingerprint density at radius 2 is 2.22 bits per heavy atom. The number of benzene rings is 1. The van der Waals surface area contributed by atoms with E-state index in [1.165, 1.54) is 4.70 Å². The van der Waals surface area contributed by atoms with Crippen LogP contribution in [0, 0.1) is 5.92 Å². The number of fused-ring (bicyclic) bond motifs is 1. The molecule has 0 spiro atoms. The quantitative estimate of drug-likeness (QED) is 0.840. The summed E-state index contributed by atoms with van der Waals surface area (Å²) in [5.74, 6) is 0.548. The van der Waals surface area contributed by atoms with Crippen molar-refractivity contribution in [3.8, 4) is 0 Å². The summed E-state index contributed by atoms with van der Waals surface area (Å²) in [6.07, 6.45) is 4.07. The van der Waals surface area contributed by atoms with Crippen molar-refractivity contribution in [2.45, 2.75) is 25.7 Å². The maximum atomic E-state index is 11.4. The molecule has 0 aliphatic heterocycles. The van der Waals surface area contributed by atoms with Crippen LogP contribution in [0.15, 0.2) is 24.3 Å². The maximum Gasteiger partial charge on any atom is 0.223 e. The second-order valence-electron chi connectivity index (χ2n) is 4.74. The third-order valence-corrected chi connectivity index (χ3v) is 4.25. The highest BCUT2D eigenvalue weighted by molar-refractivity contribution is 7.18. The molecule has 0 bridgehead atoms. The fourth-order valence-corrected chi connectivity index (χ4v) is 2.98. The zero-order valence-corrected chi connectivity index (χ0v) is 11.0. The monoisotopic (exact) mass is 260 g/mol. The molecule has 1 aliphatic rings. The molecule has 3 nitrogen and oxygen atoms in total. The van der Waals surface area contributed by atoms with Gasteiger partial charge in [0.2, 0.25) is 5.91 Å². The molecule has 1 heterocycles. The van der Waals surface area contributed by atoms with Gasteiger partial charge in [0.05, 0.1) is 15.2 Å². The highest BCUT2D eigenvalue weighted by Crippen LogP contribution is 2.28. The number of hydrogen-bond donors (Lipinski definition) is 1. The third-order valence-electron chi connectivity index (χ3n) is 3.15. The van der Waals surface area contributed by atoms with Crippen LogP contribution in [0.2, 0.25) is 0 Å². The Balaban J connectivity index is 1.48. The van der Waals surface area contributed by atoms with Crippen molar-refractivity contribution >= 4 is 27.5 Å². The lowest BCUT2D eigenvalue weighted by Gasteiger charge is -2.02. The molecule has 4 heteroatoms. The van der Waals surface area contributed by atoms with Crippen LogP contribution < -0.4 is 5.32 Å². The number of aromatic nitrogens is 1. The molecule has 3 rings (SSSR count). The van der Waals surface area contributed by atoms with Gasteiger partial charge in [-0.2, -0.15) is 0 Å². The standard InChI is InChI=1S/C14H16N2OS/c17-14(10-7-8-10)15-9-3-6-13-16-11-4-1-2-5-12(11)18-13/h1-2,4-5,10H,3,6-9H2,(H,15,17). The predicted octanol–water partition coefficient (Wildman–Crippen LogP) is 2.76. The van der Waals surface area contributed by atoms with Crippen molar-refractivity contribution < 1.29 is 4.79 Å². The Labute approximate surface area is 110 Å². The number of carbonyl (C=O) groups is 1. The first kappa shape index (κ1) is 11.7. The number of para-hydroxylation sites is 1. The van der Waals surface area contributed by atoms with E-state index < -0.39 is 0 Å². The van der Waals surface area contributed by atoms with Gasteiger partial charge in [0.1, 0.15) is 0 Å². The van der Waals surface area contributed by atoms with E-state index >= 15 is 0 Å². The minimum Gasteiger partial charge on any atom is -0.356 e. The van der Waals surface area contributed by atoms with Gasteiger partial charge >= 0.3 is 0 Å². The van der Waals surface area contributed by atoms with Crippen LogP contribution >= 0.6 is 11.3 Å². The van der Waals surface area contributed by atoms with Gasteiger partial charge in [-0.1, -0.05) is 12.1 Å². The summed E-state index contributed by atoms with van der Waals surface area (Å²) < 4.78 is 1.24. The molecule has 1 aromatic carbocycles. The zero-order valence-electron chi connectivity index (χ0n) is 10.2. The molecule has 0 radical (unpaired) electrons. The number of carbonyl (C=O) groups excluding carboxylic acids is 1. The van der Waals surface area contributed by atoms with Crippen LogP contribution in [-0.2, 0) is 11.2 Å². The van der Waals surface area contributed by atoms with E-state index in [0.29, 0.717) is 5.92 Å². The second-order valence-corrected chi connectivity index (χ2v) is 5.86. The number of nitrogens with one attached hydrogen (secondary N) is 1. The van der Waals surface area contributed by atoms with Gasteiger partial charge in [-0.15, -0.1) is 11.3 Å². The number of aryl methyl sites for hydroxylation is 1. The van der Waals surface area contributed by atoms with Gasteiger partial charge in [-0.05, 0) is 31.4 Å². The van der Waals surface area contributed by atoms with Crippen molar-refractivity contribution in [2.24, 2.45) is 5.92 Å². The molecule has 0 atom stereocenters. The lowest BCUT2D eigenvalue weighted by molar-refractivity contribution is -0.122. The number of amides is 1. The van der Waals surface area contributed by atoms with Gasteiger partial charge in [0.15, 0.2) is 0 Å². The second kappa shape index (κ2) is 5.06. The molecule has 1 aromatic heterocycles. The highest BCUT2D eigenvalue weighted by atomic mass is 32.1. The minimum absolute atomic E-state index is 0.235. The predicted molar refractivity (Wildman–Crippen MR) is 73.7 cm³/mol. The molecule has 18 heavy (non-hydrogen) atoms. The van der Waals surface area contributed by atoms with E-state index in [1.807, 2.05) is 18.2 Å². The van der Waals surface area contributed by atoms with Crippen molar-refractivity contribution in [3.05, 3.63) is 29.3 Å². The van der Waals surface area contributed by atoms with Crippen molar-refractivity contribution in [1.29, 1.82) is 0 Å². The summed E-state index contributed by atoms with van der Waals surface area (Å²) in [4.78, 5) is 16.0. The van der Waals surface area contributed by atoms with Crippen LogP contribution in [0.1, 0.15) is 24.3 Å². The van der Waals surface area contributed by atoms with Crippen LogP contribution in [0.5, 0.6) is 0 Å². The van der Waals surface area contributed by atoms with Crippen molar-refractivity contribution in [1.82, 2.24) is 10.3 Å². The van der Waals surface area contributed by atoms with Crippen LogP contribution in [-0.4, -0.2) is 17.4 Å². The average molecular weight is 260 g/mol. The Morgan fingerprint density at radius 3 is 3.00 bits per heavy atom. The number of hydrogen-bond acceptors (Lipinski definition) is 3. The third kappa shape index (κ3) is 2.70. The Morgan fingerprint density at radius 1 is 1.39 bits per heavy atom. The average Bonchev–Trinajstić information content (AvgIpc) is 3.14. The topological polar surface area (TPSA) is 42.0 Å². The normalized spacial score (nSPS) is 14.9. The summed E-state index contributed by atoms with van der Waals surface area (Å²) in [5.41, 5.74) is 1.08. The molecule has 2 aromatic rings. The first-order chi connectivity index (χ1) is 8.83. The Bertz CT molecular complexity index is 527. The molecule has 0 unspecified atom stereocenters. The van der Waals surface area contributed by atoms with Crippen molar-refractivity contribution in [3.63, 3.8) is 0 Å². The first-order valence-electron chi connectivity index (χ1n) is 6.45. The minimum atomic E-state index is 0.235. The summed E-state index contributed by atoms with van der Waals surface area (Å²) >= 11 is 1.75. The molecular formula is C14H16N2OS. The maximum absolute atomic E-state index is 11.4. The Hall–Kier alpha value is -1.42. The van der Waals surface area contributed by atoms with Gasteiger partial charge in [-0.3, -0.25) is 4.79 Å². The highest BCUT2D eigenvalue weighted by Gasteiger charge is 2.28. The largest absolute Gasteiger partial charge is 0.356 e. The number of thiazole rings is 1. The molecule has 1 fully saturated rings. The Kier molecular flexibility index (Phi) is 3.28. The molecule has 1 aliphatic carbocycles. The first-order valence-corrected chi connectivity index (χ1v) is 7.27. The molecule has 1 amide bonds. The number of nitrogens with zero attached hydrogens (tertiary/aromatic N) is 1. The van der Waals surface area contributed by atoms with Crippen LogP contribution in [0.25, 0.3) is 10.2 Å². The van der Waals surface area contributed by atoms with E-state index in [9.17, 15) is 4.79 Å². The molecule has 1 N–H and O–H groups in total. The smallest absolute Gasteiger partial charge is 0.223 e. The summed E-state index contributed by atoms with van der Waals surface area (Å²) in [6.45, 7) is 0.769.